The third-order valence-corrected chi connectivity index (χ3v) is 4.14. The second kappa shape index (κ2) is 5.86. The highest BCUT2D eigenvalue weighted by atomic mass is 35.5. The maximum Gasteiger partial charge on any atom is 0.277 e. The molecule has 3 rings (SSSR count). The molecule has 0 unspecified atom stereocenters. The normalized spacial score (nSPS) is 10.8. The molecule has 0 spiro atoms. The van der Waals surface area contributed by atoms with Gasteiger partial charge in [0.05, 0.1) is 10.2 Å². The van der Waals surface area contributed by atoms with Gasteiger partial charge >= 0.3 is 0 Å². The number of fused-ring (bicyclic) bond motifs is 1. The van der Waals surface area contributed by atoms with Gasteiger partial charge in [-0.1, -0.05) is 22.9 Å². The molecule has 0 atom stereocenters. The lowest BCUT2D eigenvalue weighted by Gasteiger charge is -2.03. The van der Waals surface area contributed by atoms with Gasteiger partial charge in [0.2, 0.25) is 0 Å². The van der Waals surface area contributed by atoms with Gasteiger partial charge in [0.1, 0.15) is 5.69 Å². The topological polar surface area (TPSA) is 76.9 Å². The minimum absolute atomic E-state index is 0.165. The van der Waals surface area contributed by atoms with E-state index >= 15 is 0 Å². The number of nitrogens with zero attached hydrogens (tertiary/aromatic N) is 3. The van der Waals surface area contributed by atoms with Crippen LogP contribution in [0, 0.1) is 0 Å². The molecule has 2 heterocycles. The van der Waals surface area contributed by atoms with E-state index in [1.54, 1.807) is 25.1 Å². The van der Waals surface area contributed by atoms with E-state index in [9.17, 15) is 9.59 Å². The van der Waals surface area contributed by atoms with Crippen molar-refractivity contribution in [2.24, 2.45) is 0 Å². The van der Waals surface area contributed by atoms with E-state index in [1.165, 1.54) is 28.2 Å². The van der Waals surface area contributed by atoms with Gasteiger partial charge in [-0.05, 0) is 31.2 Å². The van der Waals surface area contributed by atoms with Crippen molar-refractivity contribution < 1.29 is 4.79 Å². The maximum atomic E-state index is 12.2. The van der Waals surface area contributed by atoms with Gasteiger partial charge < -0.3 is 0 Å². The summed E-state index contributed by atoms with van der Waals surface area (Å²) >= 11 is 7.25. The minimum Gasteiger partial charge on any atom is -0.296 e. The van der Waals surface area contributed by atoms with Crippen LogP contribution in [0.2, 0.25) is 5.02 Å². The Hall–Kier alpha value is -2.25. The second-order valence-corrected chi connectivity index (χ2v) is 5.92. The van der Waals surface area contributed by atoms with Crippen LogP contribution in [0.15, 0.2) is 35.1 Å². The minimum atomic E-state index is -0.410. The summed E-state index contributed by atoms with van der Waals surface area (Å²) in [5, 5.41) is 7.76. The third kappa shape index (κ3) is 2.86. The predicted octanol–water partition coefficient (Wildman–Crippen LogP) is 2.78. The van der Waals surface area contributed by atoms with Crippen LogP contribution in [0.1, 0.15) is 17.4 Å². The molecule has 0 saturated carbocycles. The Labute approximate surface area is 134 Å². The Kier molecular flexibility index (Phi) is 3.91. The summed E-state index contributed by atoms with van der Waals surface area (Å²) in [6, 6.07) is 8.05. The Bertz CT molecular complexity index is 919. The van der Waals surface area contributed by atoms with E-state index in [1.807, 2.05) is 0 Å². The van der Waals surface area contributed by atoms with Crippen LogP contribution in [0.3, 0.4) is 0 Å². The number of thiazole rings is 1. The van der Waals surface area contributed by atoms with Crippen molar-refractivity contribution in [2.75, 3.05) is 5.32 Å². The van der Waals surface area contributed by atoms with Crippen LogP contribution in [0.4, 0.5) is 5.13 Å². The van der Waals surface area contributed by atoms with E-state index in [0.29, 0.717) is 16.7 Å². The number of hydrogen-bond donors (Lipinski definition) is 1. The van der Waals surface area contributed by atoms with Crippen molar-refractivity contribution >= 4 is 44.2 Å². The van der Waals surface area contributed by atoms with Crippen molar-refractivity contribution in [3.05, 3.63) is 51.4 Å². The number of nitrogens with one attached hydrogen (secondary N) is 1. The fourth-order valence-corrected chi connectivity index (χ4v) is 3.05. The van der Waals surface area contributed by atoms with Gasteiger partial charge in [0, 0.05) is 17.6 Å². The van der Waals surface area contributed by atoms with Crippen molar-refractivity contribution in [1.29, 1.82) is 0 Å². The highest BCUT2D eigenvalue weighted by Crippen LogP contribution is 2.28. The Morgan fingerprint density at radius 2 is 2.18 bits per heavy atom. The number of aryl methyl sites for hydroxylation is 1. The van der Waals surface area contributed by atoms with Crippen LogP contribution < -0.4 is 10.9 Å². The summed E-state index contributed by atoms with van der Waals surface area (Å²) in [6.07, 6.45) is 0. The number of hydrogen-bond acceptors (Lipinski definition) is 5. The zero-order valence-electron chi connectivity index (χ0n) is 11.5. The average molecular weight is 335 g/mol. The molecule has 3 aromatic rings. The van der Waals surface area contributed by atoms with Crippen molar-refractivity contribution in [3.8, 4) is 0 Å². The van der Waals surface area contributed by atoms with Crippen molar-refractivity contribution in [1.82, 2.24) is 14.8 Å². The molecular formula is C14H11ClN4O2S. The molecule has 0 aliphatic carbocycles. The monoisotopic (exact) mass is 334 g/mol. The molecule has 22 heavy (non-hydrogen) atoms. The number of halogens is 1. The second-order valence-electron chi connectivity index (χ2n) is 4.46. The van der Waals surface area contributed by atoms with Crippen LogP contribution >= 0.6 is 22.9 Å². The van der Waals surface area contributed by atoms with Crippen LogP contribution in [-0.4, -0.2) is 20.7 Å². The number of benzene rings is 1. The van der Waals surface area contributed by atoms with Crippen LogP contribution in [-0.2, 0) is 6.54 Å². The fraction of sp³-hybridized carbons (Fsp3) is 0.143. The zero-order valence-corrected chi connectivity index (χ0v) is 13.1. The highest BCUT2D eigenvalue weighted by molar-refractivity contribution is 7.22. The summed E-state index contributed by atoms with van der Waals surface area (Å²) < 4.78 is 2.11. The van der Waals surface area contributed by atoms with Crippen molar-refractivity contribution in [2.45, 2.75) is 13.5 Å². The molecule has 2 aromatic heterocycles. The van der Waals surface area contributed by atoms with Gasteiger partial charge in [0.15, 0.2) is 5.13 Å². The molecule has 0 saturated heterocycles. The first kappa shape index (κ1) is 14.7. The summed E-state index contributed by atoms with van der Waals surface area (Å²) in [7, 11) is 0. The smallest absolute Gasteiger partial charge is 0.277 e. The Balaban J connectivity index is 1.87. The molecular weight excluding hydrogens is 324 g/mol. The van der Waals surface area contributed by atoms with Gasteiger partial charge in [-0.15, -0.1) is 0 Å². The van der Waals surface area contributed by atoms with Gasteiger partial charge in [-0.3, -0.25) is 14.9 Å². The molecule has 1 N–H and O–H groups in total. The first-order valence-corrected chi connectivity index (χ1v) is 7.72. The molecule has 0 fully saturated rings. The lowest BCUT2D eigenvalue weighted by Crippen LogP contribution is -2.25. The molecule has 6 nitrogen and oxygen atoms in total. The quantitative estimate of drug-likeness (QED) is 0.799. The summed E-state index contributed by atoms with van der Waals surface area (Å²) in [5.41, 5.74) is 0.684. The van der Waals surface area contributed by atoms with Gasteiger partial charge in [0.25, 0.3) is 11.5 Å². The average Bonchev–Trinajstić information content (AvgIpc) is 2.88. The SMILES string of the molecule is CCn1nc(C(=O)Nc2nc3ccc(Cl)cc3s2)ccc1=O. The first-order valence-electron chi connectivity index (χ1n) is 6.52. The van der Waals surface area contributed by atoms with Gasteiger partial charge in [-0.2, -0.15) is 5.10 Å². The Morgan fingerprint density at radius 1 is 1.36 bits per heavy atom. The van der Waals surface area contributed by atoms with E-state index in [0.717, 1.165) is 10.2 Å². The molecule has 0 aliphatic heterocycles. The van der Waals surface area contributed by atoms with Crippen LogP contribution in [0.25, 0.3) is 10.2 Å². The molecule has 0 bridgehead atoms. The van der Waals surface area contributed by atoms with E-state index in [4.69, 9.17) is 11.6 Å². The first-order chi connectivity index (χ1) is 10.6. The number of carbonyl (C=O) groups excluding carboxylic acids is 1. The van der Waals surface area contributed by atoms with Gasteiger partial charge in [-0.25, -0.2) is 9.67 Å². The number of rotatable bonds is 3. The molecule has 0 aliphatic rings. The standard InChI is InChI=1S/C14H11ClN4O2S/c1-2-19-12(20)6-5-10(18-19)13(21)17-14-16-9-4-3-8(15)7-11(9)22-14/h3-7H,2H2,1H3,(H,16,17,21). The molecule has 112 valence electrons. The zero-order chi connectivity index (χ0) is 15.7. The molecule has 1 aromatic carbocycles. The largest absolute Gasteiger partial charge is 0.296 e. The fourth-order valence-electron chi connectivity index (χ4n) is 1.91. The molecule has 1 amide bonds. The van der Waals surface area contributed by atoms with E-state index in [-0.39, 0.29) is 11.3 Å². The number of anilines is 1. The lowest BCUT2D eigenvalue weighted by atomic mass is 10.3. The van der Waals surface area contributed by atoms with E-state index < -0.39 is 5.91 Å². The third-order valence-electron chi connectivity index (χ3n) is 2.97. The maximum absolute atomic E-state index is 12.2. The number of aromatic nitrogens is 3. The van der Waals surface area contributed by atoms with Crippen molar-refractivity contribution in [3.63, 3.8) is 0 Å². The number of carbonyl (C=O) groups is 1. The lowest BCUT2D eigenvalue weighted by molar-refractivity contribution is 0.102. The van der Waals surface area contributed by atoms with E-state index in [2.05, 4.69) is 15.4 Å². The summed E-state index contributed by atoms with van der Waals surface area (Å²) in [5.74, 6) is -0.410. The molecule has 0 radical (unpaired) electrons. The van der Waals surface area contributed by atoms with Crippen LogP contribution in [0.5, 0.6) is 0 Å². The predicted molar refractivity (Wildman–Crippen MR) is 86.8 cm³/mol. The number of amides is 1. The highest BCUT2D eigenvalue weighted by Gasteiger charge is 2.12. The summed E-state index contributed by atoms with van der Waals surface area (Å²) in [4.78, 5) is 28.0. The Morgan fingerprint density at radius 3 is 2.95 bits per heavy atom. The molecule has 8 heteroatoms. The summed E-state index contributed by atoms with van der Waals surface area (Å²) in [6.45, 7) is 2.19.